The minimum atomic E-state index is -1.01. The fourth-order valence-corrected chi connectivity index (χ4v) is 7.52. The minimum absolute atomic E-state index is 0.0511. The van der Waals surface area contributed by atoms with Gasteiger partial charge in [0.05, 0.1) is 28.8 Å². The lowest BCUT2D eigenvalue weighted by Crippen LogP contribution is -2.29. The highest BCUT2D eigenvalue weighted by atomic mass is 16.4. The summed E-state index contributed by atoms with van der Waals surface area (Å²) in [5.41, 5.74) is 13.5. The van der Waals surface area contributed by atoms with Crippen LogP contribution in [0.2, 0.25) is 0 Å². The number of nitrogens with two attached hydrogens (primary N) is 1. The second kappa shape index (κ2) is 16.3. The lowest BCUT2D eigenvalue weighted by Gasteiger charge is -2.11. The Kier molecular flexibility index (Phi) is 12.0. The van der Waals surface area contributed by atoms with E-state index >= 15 is 0 Å². The molecule has 1 aliphatic rings. The third-order valence-electron chi connectivity index (χ3n) is 10.3. The Labute approximate surface area is 311 Å². The molecule has 0 saturated heterocycles. The van der Waals surface area contributed by atoms with Gasteiger partial charge in [-0.15, -0.1) is 0 Å². The average molecular weight is 743 g/mol. The molecule has 4 aromatic heterocycles. The Morgan fingerprint density at radius 2 is 1.26 bits per heavy atom. The van der Waals surface area contributed by atoms with Gasteiger partial charge in [0, 0.05) is 83.0 Å². The average Bonchev–Trinajstić information content (AvgIpc) is 3.76. The SMILES string of the molecule is Cc1c2[nH]c(c1CCC(=O)O)C=c1[nH]c(c(C)c1CCC(=O)O)=Cc1[nH]c(c(C)c1C(C)O)C(C(=O)CCNC(=O)CCN)=c1[nH]c(c(C)c1C(C)O)=C2. The first-order valence-electron chi connectivity index (χ1n) is 18.1. The molecule has 0 aliphatic carbocycles. The molecule has 2 unspecified atom stereocenters. The number of aliphatic hydroxyl groups is 2. The maximum atomic E-state index is 14.4. The van der Waals surface area contributed by atoms with E-state index in [9.17, 15) is 39.6 Å². The van der Waals surface area contributed by atoms with Gasteiger partial charge in [0.2, 0.25) is 5.91 Å². The molecule has 5 heterocycles. The fourth-order valence-electron chi connectivity index (χ4n) is 7.52. The molecule has 0 spiro atoms. The molecule has 11 N–H and O–H groups in total. The van der Waals surface area contributed by atoms with Crippen molar-refractivity contribution >= 4 is 47.4 Å². The quantitative estimate of drug-likeness (QED) is 0.0876. The Morgan fingerprint density at radius 3 is 1.87 bits per heavy atom. The zero-order chi connectivity index (χ0) is 39.6. The third kappa shape index (κ3) is 8.05. The summed E-state index contributed by atoms with van der Waals surface area (Å²) in [5.74, 6) is -2.51. The highest BCUT2D eigenvalue weighted by molar-refractivity contribution is 6.20. The molecule has 14 heteroatoms. The van der Waals surface area contributed by atoms with E-state index in [1.807, 2.05) is 45.9 Å². The first-order chi connectivity index (χ1) is 25.5. The van der Waals surface area contributed by atoms with Crippen LogP contribution >= 0.6 is 0 Å². The maximum Gasteiger partial charge on any atom is 0.303 e. The molecule has 4 aromatic rings. The van der Waals surface area contributed by atoms with E-state index in [0.717, 1.165) is 22.3 Å². The highest BCUT2D eigenvalue weighted by Gasteiger charge is 2.27. The first kappa shape index (κ1) is 39.8. The number of hydrogen-bond donors (Lipinski definition) is 10. The van der Waals surface area contributed by atoms with Crippen LogP contribution in [0.4, 0.5) is 0 Å². The first-order valence-corrected chi connectivity index (χ1v) is 18.1. The van der Waals surface area contributed by atoms with Gasteiger partial charge in [0.1, 0.15) is 0 Å². The normalized spacial score (nSPS) is 13.5. The van der Waals surface area contributed by atoms with Gasteiger partial charge in [-0.25, -0.2) is 0 Å². The number of carbonyl (C=O) groups excluding carboxylic acids is 2. The number of carboxylic acid groups (broad SMARTS) is 2. The zero-order valence-electron chi connectivity index (χ0n) is 31.5. The van der Waals surface area contributed by atoms with Gasteiger partial charge in [-0.3, -0.25) is 19.2 Å². The Hall–Kier alpha value is -5.44. The molecule has 54 heavy (non-hydrogen) atoms. The van der Waals surface area contributed by atoms with Crippen LogP contribution in [0.15, 0.2) is 0 Å². The smallest absolute Gasteiger partial charge is 0.303 e. The van der Waals surface area contributed by atoms with Gasteiger partial charge in [0.25, 0.3) is 0 Å². The largest absolute Gasteiger partial charge is 0.481 e. The fraction of sp³-hybridized carbons (Fsp3) is 0.400. The van der Waals surface area contributed by atoms with Gasteiger partial charge in [-0.1, -0.05) is 0 Å². The van der Waals surface area contributed by atoms with Crippen molar-refractivity contribution in [2.75, 3.05) is 13.1 Å². The van der Waals surface area contributed by atoms with E-state index in [4.69, 9.17) is 5.73 Å². The monoisotopic (exact) mass is 742 g/mol. The number of ketones is 1. The summed E-state index contributed by atoms with van der Waals surface area (Å²) in [6, 6.07) is 0. The topological polar surface area (TPSA) is 250 Å². The van der Waals surface area contributed by atoms with E-state index < -0.39 is 24.1 Å². The van der Waals surface area contributed by atoms with E-state index in [0.29, 0.717) is 66.4 Å². The predicted octanol–water partition coefficient (Wildman–Crippen LogP) is 0.797. The number of H-pyrrole nitrogens is 4. The van der Waals surface area contributed by atoms with Crippen molar-refractivity contribution in [1.29, 1.82) is 0 Å². The number of Topliss-reactive ketones (excluding diaryl/α,β-unsaturated/α-hetero) is 1. The number of aromatic amines is 4. The van der Waals surface area contributed by atoms with Crippen LogP contribution in [0.25, 0.3) is 23.8 Å². The second-order valence-electron chi connectivity index (χ2n) is 14.0. The van der Waals surface area contributed by atoms with Crippen molar-refractivity contribution in [3.8, 4) is 0 Å². The number of rotatable bonds is 14. The Balaban J connectivity index is 1.94. The number of aliphatic carboxylic acids is 2. The van der Waals surface area contributed by atoms with E-state index in [2.05, 4.69) is 25.3 Å². The van der Waals surface area contributed by atoms with Crippen LogP contribution in [0.5, 0.6) is 0 Å². The van der Waals surface area contributed by atoms with Crippen LogP contribution in [0, 0.1) is 27.7 Å². The van der Waals surface area contributed by atoms with Gasteiger partial charge < -0.3 is 51.4 Å². The van der Waals surface area contributed by atoms with Crippen LogP contribution in [-0.2, 0) is 32.0 Å². The Morgan fingerprint density at radius 1 is 0.667 bits per heavy atom. The number of aromatic nitrogens is 4. The van der Waals surface area contributed by atoms with Gasteiger partial charge in [-0.05, 0) is 106 Å². The van der Waals surface area contributed by atoms with Crippen molar-refractivity contribution in [2.45, 2.75) is 92.3 Å². The minimum Gasteiger partial charge on any atom is -0.481 e. The lowest BCUT2D eigenvalue weighted by atomic mass is 9.96. The highest BCUT2D eigenvalue weighted by Crippen LogP contribution is 2.30. The maximum absolute atomic E-state index is 14.4. The summed E-state index contributed by atoms with van der Waals surface area (Å²) in [6.07, 6.45) is 3.84. The predicted molar refractivity (Wildman–Crippen MR) is 203 cm³/mol. The third-order valence-corrected chi connectivity index (χ3v) is 10.3. The van der Waals surface area contributed by atoms with Crippen molar-refractivity contribution in [1.82, 2.24) is 25.3 Å². The standard InChI is InChI=1S/C40H50N6O8/c1-18-24(7-9-34(51)52)29-17-30-25(8-10-35(53)54)19(2)27(44-30)16-31-36(22(5)47)21(4)39(46-31)38(32(49)12-14-42-33(50)11-13-41)40-37(23(6)48)20(3)28(45-40)15-26(18)43-29/h15-17,22-23,43-48H,7-14,41H2,1-6H3,(H,42,50)(H,51,52)(H,53,54). The summed E-state index contributed by atoms with van der Waals surface area (Å²) in [4.78, 5) is 63.9. The van der Waals surface area contributed by atoms with E-state index in [1.54, 1.807) is 13.8 Å². The van der Waals surface area contributed by atoms with Gasteiger partial charge >= 0.3 is 11.9 Å². The molecule has 0 radical (unpaired) electrons. The number of aliphatic hydroxyl groups excluding tert-OH is 2. The van der Waals surface area contributed by atoms with Crippen LogP contribution in [0.3, 0.4) is 0 Å². The summed E-state index contributed by atoms with van der Waals surface area (Å²) < 4.78 is 0. The number of carboxylic acids is 2. The molecule has 288 valence electrons. The number of carbonyl (C=O) groups is 4. The van der Waals surface area contributed by atoms with Gasteiger partial charge in [0.15, 0.2) is 5.78 Å². The molecule has 1 amide bonds. The molecule has 8 bridgehead atoms. The molecule has 0 fully saturated rings. The van der Waals surface area contributed by atoms with Crippen LogP contribution in [-0.4, -0.2) is 77.1 Å². The number of hydrogen-bond acceptors (Lipinski definition) is 7. The summed E-state index contributed by atoms with van der Waals surface area (Å²) in [5, 5.41) is 46.6. The molecule has 14 nitrogen and oxygen atoms in total. The summed E-state index contributed by atoms with van der Waals surface area (Å²) in [7, 11) is 0. The number of nitrogens with one attached hydrogen (secondary N) is 5. The van der Waals surface area contributed by atoms with Crippen molar-refractivity contribution in [3.63, 3.8) is 0 Å². The molecular formula is C40H50N6O8. The van der Waals surface area contributed by atoms with Crippen molar-refractivity contribution in [3.05, 3.63) is 88.7 Å². The molecular weight excluding hydrogens is 692 g/mol. The van der Waals surface area contributed by atoms with E-state index in [-0.39, 0.29) is 68.9 Å². The molecule has 5 rings (SSSR count). The second-order valence-corrected chi connectivity index (χ2v) is 14.0. The van der Waals surface area contributed by atoms with Crippen LogP contribution < -0.4 is 32.4 Å². The number of fused-ring (bicyclic) bond motifs is 8. The molecule has 0 aromatic carbocycles. The van der Waals surface area contributed by atoms with Gasteiger partial charge in [-0.2, -0.15) is 0 Å². The molecule has 1 aliphatic heterocycles. The number of amides is 1. The summed E-state index contributed by atoms with van der Waals surface area (Å²) >= 11 is 0. The molecule has 2 atom stereocenters. The zero-order valence-corrected chi connectivity index (χ0v) is 31.5. The van der Waals surface area contributed by atoms with Crippen molar-refractivity contribution in [2.24, 2.45) is 5.73 Å². The van der Waals surface area contributed by atoms with Crippen molar-refractivity contribution < 1.29 is 39.6 Å². The summed E-state index contributed by atoms with van der Waals surface area (Å²) in [6.45, 7) is 10.9. The van der Waals surface area contributed by atoms with Crippen LogP contribution in [0.1, 0.15) is 119 Å². The lowest BCUT2D eigenvalue weighted by molar-refractivity contribution is -0.138. The molecule has 0 saturated carbocycles. The Bertz CT molecular complexity index is 2380. The van der Waals surface area contributed by atoms with E-state index in [1.165, 1.54) is 0 Å².